The number of quaternary nitrogens is 1. The number of para-hydroxylation sites is 1. The highest BCUT2D eigenvalue weighted by molar-refractivity contribution is 6.10. The molecule has 1 unspecified atom stereocenters. The second-order valence-corrected chi connectivity index (χ2v) is 6.15. The van der Waals surface area contributed by atoms with E-state index in [-0.39, 0.29) is 11.9 Å². The maximum Gasteiger partial charge on any atom is 0.213 e. The van der Waals surface area contributed by atoms with Crippen molar-refractivity contribution in [1.29, 1.82) is 0 Å². The van der Waals surface area contributed by atoms with Crippen LogP contribution >= 0.6 is 0 Å². The predicted molar refractivity (Wildman–Crippen MR) is 93.2 cm³/mol. The molecule has 1 aliphatic heterocycles. The zero-order valence-corrected chi connectivity index (χ0v) is 14.9. The molecule has 0 amide bonds. The highest BCUT2D eigenvalue weighted by Gasteiger charge is 2.27. The number of aliphatic carboxylic acids is 1. The fourth-order valence-corrected chi connectivity index (χ4v) is 3.51. The summed E-state index contributed by atoms with van der Waals surface area (Å²) in [5.41, 5.74) is 2.48. The number of carbonyl (C=O) groups is 2. The quantitative estimate of drug-likeness (QED) is 0.859. The lowest BCUT2D eigenvalue weighted by molar-refractivity contribution is -0.308. The van der Waals surface area contributed by atoms with Crippen molar-refractivity contribution in [2.75, 3.05) is 7.11 Å². The van der Waals surface area contributed by atoms with Gasteiger partial charge in [-0.2, -0.15) is 0 Å². The third-order valence-corrected chi connectivity index (χ3v) is 4.65. The van der Waals surface area contributed by atoms with Gasteiger partial charge in [0.15, 0.2) is 0 Å². The van der Waals surface area contributed by atoms with Gasteiger partial charge in [-0.15, -0.1) is 0 Å². The number of carboxylic acids is 1. The minimum Gasteiger partial charge on any atom is -0.549 e. The number of fused-ring (bicyclic) bond motifs is 1. The molecule has 0 saturated carbocycles. The molecule has 4 N–H and O–H groups in total. The van der Waals surface area contributed by atoms with E-state index < -0.39 is 11.9 Å². The number of carboxylic acid groups (broad SMARTS) is 1. The van der Waals surface area contributed by atoms with Gasteiger partial charge >= 0.3 is 0 Å². The number of hydrogen-bond donors (Lipinski definition) is 1. The monoisotopic (exact) mass is 344 g/mol. The Bertz CT molecular complexity index is 795. The van der Waals surface area contributed by atoms with Gasteiger partial charge < -0.3 is 25.4 Å². The van der Waals surface area contributed by atoms with Crippen LogP contribution in [0.25, 0.3) is 0 Å². The molecule has 134 valence electrons. The standard InChI is InChI=1S/C19H21NO4.H3N/c1-12-11-15-13(19(22)23)7-5-6-10-20(15)17(12)18(21)14-8-3-4-9-16(14)24-2;/h3-4,8-9,11,13H,5-7,10H2,1-2H3,(H,22,23);1H3. The van der Waals surface area contributed by atoms with E-state index in [1.165, 1.54) is 7.11 Å². The summed E-state index contributed by atoms with van der Waals surface area (Å²) in [4.78, 5) is 24.6. The van der Waals surface area contributed by atoms with Gasteiger partial charge in [-0.05, 0) is 43.5 Å². The Morgan fingerprint density at radius 1 is 1.24 bits per heavy atom. The van der Waals surface area contributed by atoms with E-state index in [2.05, 4.69) is 0 Å². The Balaban J connectivity index is 0.00000225. The number of carbonyl (C=O) groups excluding carboxylic acids is 2. The Kier molecular flexibility index (Phi) is 5.64. The molecule has 6 heteroatoms. The lowest BCUT2D eigenvalue weighted by Gasteiger charge is -2.18. The summed E-state index contributed by atoms with van der Waals surface area (Å²) in [6.07, 6.45) is 2.20. The largest absolute Gasteiger partial charge is 0.549 e. The van der Waals surface area contributed by atoms with Gasteiger partial charge in [0.2, 0.25) is 5.78 Å². The van der Waals surface area contributed by atoms with Crippen molar-refractivity contribution >= 4 is 11.8 Å². The Morgan fingerprint density at radius 2 is 1.96 bits per heavy atom. The van der Waals surface area contributed by atoms with Crippen molar-refractivity contribution in [3.8, 4) is 5.75 Å². The van der Waals surface area contributed by atoms with Crippen molar-refractivity contribution in [3.63, 3.8) is 0 Å². The van der Waals surface area contributed by atoms with Gasteiger partial charge in [0, 0.05) is 18.2 Å². The zero-order chi connectivity index (χ0) is 17.3. The molecule has 2 heterocycles. The van der Waals surface area contributed by atoms with Gasteiger partial charge in [-0.25, -0.2) is 0 Å². The average molecular weight is 344 g/mol. The highest BCUT2D eigenvalue weighted by atomic mass is 16.5. The molecule has 1 aliphatic rings. The van der Waals surface area contributed by atoms with Crippen molar-refractivity contribution in [1.82, 2.24) is 10.7 Å². The van der Waals surface area contributed by atoms with E-state index in [1.54, 1.807) is 18.2 Å². The number of benzene rings is 1. The van der Waals surface area contributed by atoms with Crippen molar-refractivity contribution in [3.05, 3.63) is 52.8 Å². The molecule has 0 spiro atoms. The first-order valence-electron chi connectivity index (χ1n) is 8.13. The van der Waals surface area contributed by atoms with E-state index in [1.807, 2.05) is 23.6 Å². The second-order valence-electron chi connectivity index (χ2n) is 6.15. The lowest BCUT2D eigenvalue weighted by atomic mass is 9.99. The molecular weight excluding hydrogens is 320 g/mol. The van der Waals surface area contributed by atoms with Crippen LogP contribution in [-0.4, -0.2) is 23.4 Å². The maximum atomic E-state index is 13.1. The average Bonchev–Trinajstić information content (AvgIpc) is 2.76. The number of aromatic nitrogens is 1. The van der Waals surface area contributed by atoms with Crippen LogP contribution in [-0.2, 0) is 11.3 Å². The molecule has 0 fully saturated rings. The van der Waals surface area contributed by atoms with Gasteiger partial charge in [-0.3, -0.25) is 4.79 Å². The number of ketones is 1. The lowest BCUT2D eigenvalue weighted by Crippen LogP contribution is -2.30. The molecule has 6 nitrogen and oxygen atoms in total. The Morgan fingerprint density at radius 3 is 2.64 bits per heavy atom. The minimum absolute atomic E-state index is 0. The Hall–Kier alpha value is -2.60. The molecule has 0 saturated heterocycles. The Labute approximate surface area is 147 Å². The summed E-state index contributed by atoms with van der Waals surface area (Å²) in [6, 6.07) is 8.90. The molecule has 0 aliphatic carbocycles. The predicted octanol–water partition coefficient (Wildman–Crippen LogP) is 2.43. The van der Waals surface area contributed by atoms with Crippen LogP contribution in [0.2, 0.25) is 0 Å². The first-order valence-corrected chi connectivity index (χ1v) is 8.13. The molecule has 1 atom stereocenters. The third-order valence-electron chi connectivity index (χ3n) is 4.65. The van der Waals surface area contributed by atoms with Crippen molar-refractivity contribution in [2.24, 2.45) is 0 Å². The molecule has 0 bridgehead atoms. The highest BCUT2D eigenvalue weighted by Crippen LogP contribution is 2.32. The maximum absolute atomic E-state index is 13.1. The van der Waals surface area contributed by atoms with Crippen LogP contribution in [0.1, 0.15) is 52.5 Å². The fraction of sp³-hybridized carbons (Fsp3) is 0.368. The number of ether oxygens (including phenoxy) is 1. The van der Waals surface area contributed by atoms with Gasteiger partial charge in [-0.1, -0.05) is 18.6 Å². The van der Waals surface area contributed by atoms with Crippen molar-refractivity contribution in [2.45, 2.75) is 38.6 Å². The van der Waals surface area contributed by atoms with Crippen LogP contribution in [0.15, 0.2) is 30.3 Å². The van der Waals surface area contributed by atoms with Crippen LogP contribution in [0.5, 0.6) is 5.75 Å². The number of hydrogen-bond acceptors (Lipinski definition) is 4. The summed E-state index contributed by atoms with van der Waals surface area (Å²) < 4.78 is 7.16. The fourth-order valence-electron chi connectivity index (χ4n) is 3.51. The second kappa shape index (κ2) is 7.53. The number of aryl methyl sites for hydroxylation is 1. The van der Waals surface area contributed by atoms with Crippen LogP contribution in [0.4, 0.5) is 0 Å². The molecule has 1 aromatic carbocycles. The molecule has 25 heavy (non-hydrogen) atoms. The number of rotatable bonds is 4. The van der Waals surface area contributed by atoms with Crippen LogP contribution in [0.3, 0.4) is 0 Å². The molecule has 2 aromatic rings. The van der Waals surface area contributed by atoms with Gasteiger partial charge in [0.1, 0.15) is 5.75 Å². The topological polar surface area (TPSA) is 108 Å². The van der Waals surface area contributed by atoms with E-state index in [0.29, 0.717) is 35.7 Å². The minimum atomic E-state index is -1.08. The summed E-state index contributed by atoms with van der Waals surface area (Å²) >= 11 is 0. The SMILES string of the molecule is COc1ccccc1C(=O)c1c(C)cc2n1CCCCC2C(=O)[O-].[NH4+]. The smallest absolute Gasteiger partial charge is 0.213 e. The van der Waals surface area contributed by atoms with E-state index in [0.717, 1.165) is 18.4 Å². The first-order chi connectivity index (χ1) is 11.5. The zero-order valence-electron chi connectivity index (χ0n) is 14.9. The summed E-state index contributed by atoms with van der Waals surface area (Å²) in [5, 5.41) is 11.5. The van der Waals surface area contributed by atoms with E-state index in [9.17, 15) is 14.7 Å². The van der Waals surface area contributed by atoms with Gasteiger partial charge in [0.05, 0.1) is 24.3 Å². The summed E-state index contributed by atoms with van der Waals surface area (Å²) in [7, 11) is 1.53. The molecule has 0 radical (unpaired) electrons. The normalized spacial score (nSPS) is 16.3. The molecule has 1 aromatic heterocycles. The van der Waals surface area contributed by atoms with E-state index in [4.69, 9.17) is 4.74 Å². The van der Waals surface area contributed by atoms with Crippen molar-refractivity contribution < 1.29 is 19.4 Å². The van der Waals surface area contributed by atoms with Crippen LogP contribution in [0, 0.1) is 6.92 Å². The number of methoxy groups -OCH3 is 1. The van der Waals surface area contributed by atoms with E-state index >= 15 is 0 Å². The molecule has 3 rings (SSSR count). The summed E-state index contributed by atoms with van der Waals surface area (Å²) in [5.74, 6) is -1.37. The first kappa shape index (κ1) is 18.7. The number of nitrogens with zero attached hydrogens (tertiary/aromatic N) is 1. The summed E-state index contributed by atoms with van der Waals surface area (Å²) in [6.45, 7) is 2.49. The van der Waals surface area contributed by atoms with Crippen LogP contribution < -0.4 is 16.0 Å². The molecular formula is C19H24N2O4. The van der Waals surface area contributed by atoms with Gasteiger partial charge in [0.25, 0.3) is 0 Å². The third kappa shape index (κ3) is 3.30.